The number of aryl methyl sites for hydroxylation is 2. The van der Waals surface area contributed by atoms with Crippen LogP contribution in [0.3, 0.4) is 0 Å². The van der Waals surface area contributed by atoms with Gasteiger partial charge in [-0.3, -0.25) is 4.79 Å². The number of rotatable bonds is 3. The van der Waals surface area contributed by atoms with Gasteiger partial charge in [0.2, 0.25) is 0 Å². The molecule has 0 aromatic heterocycles. The number of carbonyl (C=O) groups is 1. The Morgan fingerprint density at radius 3 is 2.76 bits per heavy atom. The fourth-order valence-corrected chi connectivity index (χ4v) is 2.69. The molecule has 0 saturated carbocycles. The predicted molar refractivity (Wildman–Crippen MR) is 87.2 cm³/mol. The molecule has 2 aromatic rings. The van der Waals surface area contributed by atoms with Gasteiger partial charge in [-0.1, -0.05) is 37.3 Å². The van der Waals surface area contributed by atoms with E-state index in [0.29, 0.717) is 5.57 Å². The Morgan fingerprint density at radius 1 is 1.14 bits per heavy atom. The third kappa shape index (κ3) is 2.42. The van der Waals surface area contributed by atoms with Crippen LogP contribution in [0, 0.1) is 6.92 Å². The summed E-state index contributed by atoms with van der Waals surface area (Å²) >= 11 is 0. The molecular formula is C18H18N2O. The summed E-state index contributed by atoms with van der Waals surface area (Å²) in [6.45, 7) is 4.14. The summed E-state index contributed by atoms with van der Waals surface area (Å²) in [7, 11) is 0. The predicted octanol–water partition coefficient (Wildman–Crippen LogP) is 3.96. The summed E-state index contributed by atoms with van der Waals surface area (Å²) in [4.78, 5) is 12.1. The fourth-order valence-electron chi connectivity index (χ4n) is 2.69. The first-order valence-corrected chi connectivity index (χ1v) is 7.16. The van der Waals surface area contributed by atoms with Crippen LogP contribution in [0.2, 0.25) is 0 Å². The third-order valence-corrected chi connectivity index (χ3v) is 3.81. The fraction of sp³-hybridized carbons (Fsp3) is 0.167. The molecule has 0 spiro atoms. The molecule has 0 aliphatic carbocycles. The normalized spacial score (nSPS) is 15.0. The highest BCUT2D eigenvalue weighted by atomic mass is 16.2. The largest absolute Gasteiger partial charge is 0.361 e. The number of anilines is 2. The standard InChI is InChI=1S/C18H18N2O/c1-3-13-8-4-5-9-15(13)19-11-14-17-12(2)7-6-10-16(17)20-18(14)21/h4-11,19H,3H2,1-2H3,(H,20,21). The summed E-state index contributed by atoms with van der Waals surface area (Å²) in [5.41, 5.74) is 5.94. The zero-order valence-corrected chi connectivity index (χ0v) is 12.2. The molecule has 21 heavy (non-hydrogen) atoms. The minimum atomic E-state index is -0.0548. The number of amides is 1. The lowest BCUT2D eigenvalue weighted by Crippen LogP contribution is -2.05. The number of carbonyl (C=O) groups excluding carboxylic acids is 1. The van der Waals surface area contributed by atoms with Gasteiger partial charge in [-0.25, -0.2) is 0 Å². The van der Waals surface area contributed by atoms with Gasteiger partial charge in [-0.15, -0.1) is 0 Å². The minimum absolute atomic E-state index is 0.0548. The van der Waals surface area contributed by atoms with Crippen molar-refractivity contribution in [3.63, 3.8) is 0 Å². The number of hydrogen-bond acceptors (Lipinski definition) is 2. The van der Waals surface area contributed by atoms with E-state index in [1.807, 2.05) is 49.5 Å². The quantitative estimate of drug-likeness (QED) is 0.834. The van der Waals surface area contributed by atoms with Crippen LogP contribution < -0.4 is 10.6 Å². The van der Waals surface area contributed by atoms with Crippen LogP contribution in [0.5, 0.6) is 0 Å². The average molecular weight is 278 g/mol. The second-order valence-electron chi connectivity index (χ2n) is 5.16. The lowest BCUT2D eigenvalue weighted by molar-refractivity contribution is -0.110. The van der Waals surface area contributed by atoms with Gasteiger partial charge in [0.15, 0.2) is 0 Å². The van der Waals surface area contributed by atoms with E-state index in [1.54, 1.807) is 0 Å². The second kappa shape index (κ2) is 5.44. The van der Waals surface area contributed by atoms with Crippen molar-refractivity contribution in [1.29, 1.82) is 0 Å². The van der Waals surface area contributed by atoms with E-state index in [0.717, 1.165) is 28.9 Å². The summed E-state index contributed by atoms with van der Waals surface area (Å²) in [6, 6.07) is 14.0. The highest BCUT2D eigenvalue weighted by Gasteiger charge is 2.25. The number of para-hydroxylation sites is 1. The first-order chi connectivity index (χ1) is 10.2. The molecule has 1 amide bonds. The van der Waals surface area contributed by atoms with Crippen molar-refractivity contribution in [1.82, 2.24) is 0 Å². The summed E-state index contributed by atoms with van der Waals surface area (Å²) < 4.78 is 0. The van der Waals surface area contributed by atoms with Crippen molar-refractivity contribution < 1.29 is 4.79 Å². The van der Waals surface area contributed by atoms with Crippen LogP contribution in [0.1, 0.15) is 23.6 Å². The molecule has 2 N–H and O–H groups in total. The average Bonchev–Trinajstić information content (AvgIpc) is 2.82. The number of fused-ring (bicyclic) bond motifs is 1. The molecule has 0 bridgehead atoms. The van der Waals surface area contributed by atoms with Gasteiger partial charge < -0.3 is 10.6 Å². The molecule has 0 atom stereocenters. The van der Waals surface area contributed by atoms with Gasteiger partial charge in [0.05, 0.1) is 5.57 Å². The maximum atomic E-state index is 12.1. The van der Waals surface area contributed by atoms with Crippen molar-refractivity contribution in [3.05, 3.63) is 65.4 Å². The molecule has 3 nitrogen and oxygen atoms in total. The van der Waals surface area contributed by atoms with E-state index in [4.69, 9.17) is 0 Å². The van der Waals surface area contributed by atoms with Gasteiger partial charge in [-0.05, 0) is 36.6 Å². The Balaban J connectivity index is 1.96. The van der Waals surface area contributed by atoms with Crippen LogP contribution >= 0.6 is 0 Å². The van der Waals surface area contributed by atoms with E-state index < -0.39 is 0 Å². The van der Waals surface area contributed by atoms with E-state index in [2.05, 4.69) is 23.6 Å². The SMILES string of the molecule is CCc1ccccc1NC=C1C(=O)Nc2cccc(C)c21. The van der Waals surface area contributed by atoms with Gasteiger partial charge in [0.1, 0.15) is 0 Å². The molecule has 0 saturated heterocycles. The lowest BCUT2D eigenvalue weighted by Gasteiger charge is -2.08. The molecule has 0 fully saturated rings. The number of benzene rings is 2. The maximum Gasteiger partial charge on any atom is 0.257 e. The van der Waals surface area contributed by atoms with Gasteiger partial charge >= 0.3 is 0 Å². The van der Waals surface area contributed by atoms with Gasteiger partial charge in [-0.2, -0.15) is 0 Å². The minimum Gasteiger partial charge on any atom is -0.361 e. The Kier molecular flexibility index (Phi) is 3.48. The zero-order chi connectivity index (χ0) is 14.8. The van der Waals surface area contributed by atoms with Crippen LogP contribution in [0.15, 0.2) is 48.7 Å². The Morgan fingerprint density at radius 2 is 1.95 bits per heavy atom. The van der Waals surface area contributed by atoms with Crippen LogP contribution in [-0.2, 0) is 11.2 Å². The third-order valence-electron chi connectivity index (χ3n) is 3.81. The molecule has 3 heteroatoms. The molecule has 1 heterocycles. The summed E-state index contributed by atoms with van der Waals surface area (Å²) in [5, 5.41) is 6.19. The molecule has 106 valence electrons. The molecule has 0 unspecified atom stereocenters. The molecule has 2 aromatic carbocycles. The molecule has 1 aliphatic rings. The molecular weight excluding hydrogens is 260 g/mol. The Hall–Kier alpha value is -2.55. The first-order valence-electron chi connectivity index (χ1n) is 7.16. The molecule has 3 rings (SSSR count). The summed E-state index contributed by atoms with van der Waals surface area (Å²) in [6.07, 6.45) is 2.76. The van der Waals surface area contributed by atoms with Gasteiger partial charge in [0.25, 0.3) is 5.91 Å². The van der Waals surface area contributed by atoms with E-state index in [-0.39, 0.29) is 5.91 Å². The Labute approximate surface area is 124 Å². The van der Waals surface area contributed by atoms with E-state index in [1.165, 1.54) is 5.56 Å². The second-order valence-corrected chi connectivity index (χ2v) is 5.16. The lowest BCUT2D eigenvalue weighted by atomic mass is 10.0. The highest BCUT2D eigenvalue weighted by Crippen LogP contribution is 2.34. The first kappa shape index (κ1) is 13.4. The summed E-state index contributed by atoms with van der Waals surface area (Å²) in [5.74, 6) is -0.0548. The van der Waals surface area contributed by atoms with Gasteiger partial charge in [0, 0.05) is 23.1 Å². The molecule has 1 aliphatic heterocycles. The van der Waals surface area contributed by atoms with Crippen molar-refractivity contribution in [2.75, 3.05) is 10.6 Å². The van der Waals surface area contributed by atoms with Crippen molar-refractivity contribution in [2.24, 2.45) is 0 Å². The van der Waals surface area contributed by atoms with E-state index >= 15 is 0 Å². The van der Waals surface area contributed by atoms with E-state index in [9.17, 15) is 4.79 Å². The maximum absolute atomic E-state index is 12.1. The Bertz CT molecular complexity index is 732. The van der Waals surface area contributed by atoms with Crippen LogP contribution in [0.4, 0.5) is 11.4 Å². The topological polar surface area (TPSA) is 41.1 Å². The van der Waals surface area contributed by atoms with Crippen molar-refractivity contribution >= 4 is 22.9 Å². The molecule has 0 radical (unpaired) electrons. The van der Waals surface area contributed by atoms with Crippen LogP contribution in [0.25, 0.3) is 5.57 Å². The zero-order valence-electron chi connectivity index (χ0n) is 12.2. The number of hydrogen-bond donors (Lipinski definition) is 2. The van der Waals surface area contributed by atoms with Crippen molar-refractivity contribution in [3.8, 4) is 0 Å². The monoisotopic (exact) mass is 278 g/mol. The highest BCUT2D eigenvalue weighted by molar-refractivity contribution is 6.32. The van der Waals surface area contributed by atoms with Crippen molar-refractivity contribution in [2.45, 2.75) is 20.3 Å². The van der Waals surface area contributed by atoms with Crippen LogP contribution in [-0.4, -0.2) is 5.91 Å². The smallest absolute Gasteiger partial charge is 0.257 e. The number of nitrogens with one attached hydrogen (secondary N) is 2.